The smallest absolute Gasteiger partial charge is 0.417 e. The van der Waals surface area contributed by atoms with Crippen LogP contribution in [0, 0.1) is 111 Å². The van der Waals surface area contributed by atoms with Crippen LogP contribution in [-0.2, 0) is 22.9 Å². The maximum absolute atomic E-state index is 13.1. The lowest BCUT2D eigenvalue weighted by Gasteiger charge is -2.32. The quantitative estimate of drug-likeness (QED) is 0.0949. The predicted octanol–water partition coefficient (Wildman–Crippen LogP) is 35.3. The fourth-order valence-corrected chi connectivity index (χ4v) is 18.0. The molecule has 113 heavy (non-hydrogen) atoms. The Morgan fingerprint density at radius 3 is 0.717 bits per heavy atom. The van der Waals surface area contributed by atoms with Crippen LogP contribution in [0.25, 0.3) is 33.4 Å². The summed E-state index contributed by atoms with van der Waals surface area (Å²) in [6.45, 7) is 46.5. The summed E-state index contributed by atoms with van der Waals surface area (Å²) < 4.78 is 90.7. The van der Waals surface area contributed by atoms with E-state index in [4.69, 9.17) is 8.85 Å². The average molecular weight is 1590 g/mol. The van der Waals surface area contributed by atoms with Crippen LogP contribution in [0.4, 0.5) is 26.3 Å². The number of alkyl halides is 6. The maximum atomic E-state index is 13.1. The van der Waals surface area contributed by atoms with Gasteiger partial charge < -0.3 is 8.85 Å². The van der Waals surface area contributed by atoms with E-state index < -0.39 is 51.2 Å². The lowest BCUT2D eigenvalue weighted by molar-refractivity contribution is -0.139. The van der Waals surface area contributed by atoms with Crippen LogP contribution >= 0.6 is 0 Å². The molecule has 0 spiro atoms. The maximum Gasteiger partial charge on any atom is 0.417 e. The summed E-state index contributed by atoms with van der Waals surface area (Å²) in [6.07, 6.45) is -8.43. The Bertz CT molecular complexity index is 4060. The van der Waals surface area contributed by atoms with Crippen molar-refractivity contribution in [2.45, 2.75) is 256 Å². The summed E-state index contributed by atoms with van der Waals surface area (Å²) >= 11 is 0. The topological polar surface area (TPSA) is 18.5 Å². The minimum absolute atomic E-state index is 0. The van der Waals surface area contributed by atoms with Crippen molar-refractivity contribution in [2.24, 2.45) is 0 Å². The Morgan fingerprint density at radius 1 is 0.248 bits per heavy atom. The fraction of sp³-hybridized carbons (Fsp3) is 0.359. The van der Waals surface area contributed by atoms with Gasteiger partial charge in [-0.1, -0.05) is 338 Å². The van der Waals surface area contributed by atoms with Crippen LogP contribution in [0.2, 0.25) is 38.3 Å². The Labute approximate surface area is 690 Å². The van der Waals surface area contributed by atoms with Crippen LogP contribution < -0.4 is 4.74 Å². The van der Waals surface area contributed by atoms with E-state index in [0.29, 0.717) is 11.1 Å². The minimum Gasteiger partial charge on any atom is -0.457 e. The molecule has 0 heterocycles. The number of ether oxygens (including phenoxy) is 1. The van der Waals surface area contributed by atoms with Gasteiger partial charge in [0.1, 0.15) is 11.5 Å². The molecule has 0 unspecified atom stereocenters. The first-order valence-corrected chi connectivity index (χ1v) is 41.8. The summed E-state index contributed by atoms with van der Waals surface area (Å²) in [5.74, 6) is 1.76. The number of benzene rings is 11. The second-order valence-corrected chi connectivity index (χ2v) is 38.0. The molecule has 0 fully saturated rings. The first-order chi connectivity index (χ1) is 48.2. The van der Waals surface area contributed by atoms with Crippen molar-refractivity contribution < 1.29 is 35.2 Å². The number of rotatable bonds is 11. The molecule has 0 radical (unpaired) electrons. The van der Waals surface area contributed by atoms with Gasteiger partial charge >= 0.3 is 12.4 Å². The Morgan fingerprint density at radius 2 is 0.478 bits per heavy atom. The van der Waals surface area contributed by atoms with Crippen molar-refractivity contribution in [2.75, 3.05) is 0 Å². The molecule has 11 aromatic carbocycles. The summed E-state index contributed by atoms with van der Waals surface area (Å²) in [5, 5.41) is 0. The molecule has 10 heteroatoms. The lowest BCUT2D eigenvalue weighted by Crippen LogP contribution is -2.43. The van der Waals surface area contributed by atoms with Crippen LogP contribution in [0.15, 0.2) is 231 Å². The van der Waals surface area contributed by atoms with Gasteiger partial charge in [-0.3, -0.25) is 0 Å². The summed E-state index contributed by atoms with van der Waals surface area (Å²) in [7, 11) is -2.54. The molecular formula is C103H150F6O2Si2. The van der Waals surface area contributed by atoms with Gasteiger partial charge in [-0.25, -0.2) is 0 Å². The molecule has 624 valence electrons. The highest BCUT2D eigenvalue weighted by molar-refractivity contribution is 6.84. The van der Waals surface area contributed by atoms with Crippen molar-refractivity contribution >= 4 is 16.6 Å². The van der Waals surface area contributed by atoms with E-state index in [9.17, 15) is 26.3 Å². The first-order valence-electron chi connectivity index (χ1n) is 35.6. The highest BCUT2D eigenvalue weighted by Gasteiger charge is 2.38. The molecule has 0 aromatic heterocycles. The van der Waals surface area contributed by atoms with Crippen LogP contribution in [0.1, 0.15) is 199 Å². The second-order valence-electron chi connectivity index (χ2n) is 28.7. The van der Waals surface area contributed by atoms with Crippen LogP contribution in [0.5, 0.6) is 11.5 Å². The predicted molar refractivity (Wildman–Crippen MR) is 501 cm³/mol. The molecule has 0 amide bonds. The number of halogens is 6. The van der Waals surface area contributed by atoms with E-state index in [1.54, 1.807) is 0 Å². The zero-order valence-corrected chi connectivity index (χ0v) is 67.1. The Hall–Kier alpha value is -8.81. The molecule has 2 nitrogen and oxygen atoms in total. The van der Waals surface area contributed by atoms with Gasteiger partial charge in [-0.15, -0.1) is 0 Å². The average Bonchev–Trinajstić information content (AvgIpc) is 0.773. The van der Waals surface area contributed by atoms with E-state index in [2.05, 4.69) is 283 Å². The highest BCUT2D eigenvalue weighted by Crippen LogP contribution is 2.43. The van der Waals surface area contributed by atoms with Crippen molar-refractivity contribution in [1.82, 2.24) is 0 Å². The fourth-order valence-electron chi connectivity index (χ4n) is 10.9. The first kappa shape index (κ1) is 115. The van der Waals surface area contributed by atoms with Gasteiger partial charge in [0, 0.05) is 0 Å². The molecule has 0 atom stereocenters. The SMILES string of the molecule is C.C.C.C.C.C.C.C.C.C.CC[Si](C)(C)O[Si](C)(C)CC.Cc1ccc(-c2ccc(C)c(C)c2)cc1C.Cc1ccc(-c2ccc(C)cc2C(F)(F)F)c(C(F)(F)F)c1.Cc1ccc(-c2ccc(C)cc2C)c(C)c1.Cc1ccc(C)cc1.Cc1ccc(Cc2ccc(C)cc2)cc1.Cc1ccc(Oc2ccc(C)cc2)cc1. The molecule has 0 bridgehead atoms. The normalized spacial score (nSPS) is 10.1. The molecule has 11 aromatic rings. The summed E-state index contributed by atoms with van der Waals surface area (Å²) in [6, 6.07) is 77.8. The van der Waals surface area contributed by atoms with Gasteiger partial charge in [-0.2, -0.15) is 26.3 Å². The van der Waals surface area contributed by atoms with Crippen LogP contribution in [-0.4, -0.2) is 16.6 Å². The molecule has 0 aliphatic carbocycles. The van der Waals surface area contributed by atoms with Crippen molar-refractivity contribution in [3.8, 4) is 44.9 Å². The van der Waals surface area contributed by atoms with Crippen LogP contribution in [0.3, 0.4) is 0 Å². The van der Waals surface area contributed by atoms with E-state index >= 15 is 0 Å². The van der Waals surface area contributed by atoms with Gasteiger partial charge in [0.25, 0.3) is 0 Å². The van der Waals surface area contributed by atoms with Gasteiger partial charge in [0.15, 0.2) is 16.6 Å². The summed E-state index contributed by atoms with van der Waals surface area (Å²) in [4.78, 5) is 0. The zero-order valence-electron chi connectivity index (χ0n) is 65.1. The van der Waals surface area contributed by atoms with Crippen molar-refractivity contribution in [1.29, 1.82) is 0 Å². The van der Waals surface area contributed by atoms with Gasteiger partial charge in [0.05, 0.1) is 11.1 Å². The third-order valence-corrected chi connectivity index (χ3v) is 25.9. The number of hydrogen-bond acceptors (Lipinski definition) is 2. The monoisotopic (exact) mass is 1590 g/mol. The lowest BCUT2D eigenvalue weighted by atomic mass is 9.92. The van der Waals surface area contributed by atoms with Gasteiger partial charge in [-0.05, 0) is 270 Å². The van der Waals surface area contributed by atoms with E-state index in [1.165, 1.54) is 149 Å². The Balaban J connectivity index is -0.000000295. The molecule has 0 aliphatic rings. The van der Waals surface area contributed by atoms with E-state index in [1.807, 2.05) is 48.5 Å². The molecule has 11 rings (SSSR count). The second kappa shape index (κ2) is 53.3. The standard InChI is InChI=1S/C16H12F6.2C16H18.C15H16.C14H14O.C8H22OSi2.C8H10.10CH4/c1-9-3-5-11(13(7-9)15(17,18)19)12-6-4-10(2)8-14(12)16(20,21)22;1-11-5-7-15(9-13(11)3)16-8-6-12(2)14(4)10-16;1-11-5-7-15(13(3)9-11)16-8-6-12(2)10-14(16)4;1-12-3-7-14(8-4-12)11-15-9-5-13(2)6-10-15;1-11-3-7-13(8-4-11)15-14-9-5-12(2)6-10-14;1-7-10(3,4)9-11(5,6)8-2;1-7-3-5-8(2)6-4-7;;;;;;;;;;/h3-8H,1-2H3;2*5-10H,1-4H3;3-10H,11H2,1-2H3;3-10H,1-2H3;7-8H2,1-6H3;3-6H,1-2H3;10*1H4. The molecule has 0 aliphatic heterocycles. The Kier molecular flexibility index (Phi) is 54.3. The third kappa shape index (κ3) is 39.7. The van der Waals surface area contributed by atoms with E-state index in [0.717, 1.165) is 42.2 Å². The minimum atomic E-state index is -4.73. The largest absolute Gasteiger partial charge is 0.457 e. The molecule has 0 saturated carbocycles. The highest BCUT2D eigenvalue weighted by atomic mass is 28.4. The summed E-state index contributed by atoms with van der Waals surface area (Å²) in [5.41, 5.74) is 24.2. The molecule has 0 N–H and O–H groups in total. The van der Waals surface area contributed by atoms with Crippen molar-refractivity contribution in [3.05, 3.63) is 342 Å². The molecular weight excluding hydrogens is 1440 g/mol. The number of hydrogen-bond donors (Lipinski definition) is 0. The van der Waals surface area contributed by atoms with Gasteiger partial charge in [0.2, 0.25) is 0 Å². The van der Waals surface area contributed by atoms with Crippen molar-refractivity contribution in [3.63, 3.8) is 0 Å². The molecule has 0 saturated heterocycles. The van der Waals surface area contributed by atoms with E-state index in [-0.39, 0.29) is 74.3 Å². The number of aryl methyl sites for hydroxylation is 16. The third-order valence-electron chi connectivity index (χ3n) is 18.1. The zero-order chi connectivity index (χ0) is 76.6.